The molecular formula is C23H18F3N5OS. The molecule has 1 fully saturated rings. The second-order valence-electron chi connectivity index (χ2n) is 7.39. The summed E-state index contributed by atoms with van der Waals surface area (Å²) in [6, 6.07) is 10.9. The minimum atomic E-state index is -4.37. The highest BCUT2D eigenvalue weighted by atomic mass is 32.2. The molecule has 1 aliphatic heterocycles. The van der Waals surface area contributed by atoms with E-state index in [1.165, 1.54) is 36.7 Å². The van der Waals surface area contributed by atoms with Gasteiger partial charge in [-0.1, -0.05) is 0 Å². The van der Waals surface area contributed by atoms with Crippen LogP contribution in [-0.4, -0.2) is 34.5 Å². The summed E-state index contributed by atoms with van der Waals surface area (Å²) in [7, 11) is 0. The quantitative estimate of drug-likeness (QED) is 0.499. The summed E-state index contributed by atoms with van der Waals surface area (Å²) in [6.07, 6.45) is 6.65. The van der Waals surface area contributed by atoms with E-state index in [1.807, 2.05) is 0 Å². The van der Waals surface area contributed by atoms with Gasteiger partial charge in [-0.25, -0.2) is 4.98 Å². The number of amides is 1. The number of carbonyl (C=O) groups is 1. The van der Waals surface area contributed by atoms with Crippen LogP contribution in [0, 0.1) is 11.3 Å². The van der Waals surface area contributed by atoms with Gasteiger partial charge in [0.15, 0.2) is 0 Å². The third-order valence-corrected chi connectivity index (χ3v) is 5.80. The molecule has 10 heteroatoms. The van der Waals surface area contributed by atoms with Crippen LogP contribution >= 0.6 is 11.8 Å². The SMILES string of the molecule is N#Cc1cncc(-c2cc(C(=O)Nc3ccc(SC(F)(F)F)cc3)cnc2N2CCCC2)c1. The lowest BCUT2D eigenvalue weighted by Gasteiger charge is -2.21. The van der Waals surface area contributed by atoms with Crippen LogP contribution in [-0.2, 0) is 0 Å². The molecule has 0 saturated carbocycles. The van der Waals surface area contributed by atoms with Crippen molar-refractivity contribution in [1.29, 1.82) is 5.26 Å². The van der Waals surface area contributed by atoms with Gasteiger partial charge in [-0.15, -0.1) is 0 Å². The summed E-state index contributed by atoms with van der Waals surface area (Å²) < 4.78 is 37.5. The first-order valence-electron chi connectivity index (χ1n) is 10.1. The zero-order valence-corrected chi connectivity index (χ0v) is 18.1. The van der Waals surface area contributed by atoms with Crippen LogP contribution in [0.1, 0.15) is 28.8 Å². The molecule has 0 aliphatic carbocycles. The highest BCUT2D eigenvalue weighted by Gasteiger charge is 2.29. The van der Waals surface area contributed by atoms with Crippen LogP contribution < -0.4 is 10.2 Å². The topological polar surface area (TPSA) is 81.9 Å². The average molecular weight is 469 g/mol. The molecule has 4 rings (SSSR count). The highest BCUT2D eigenvalue weighted by Crippen LogP contribution is 2.37. The fourth-order valence-electron chi connectivity index (χ4n) is 3.57. The minimum absolute atomic E-state index is 0.0318. The van der Waals surface area contributed by atoms with Gasteiger partial charge in [0.1, 0.15) is 11.9 Å². The van der Waals surface area contributed by atoms with Crippen molar-refractivity contribution >= 4 is 29.2 Å². The van der Waals surface area contributed by atoms with Crippen molar-refractivity contribution in [3.05, 3.63) is 66.1 Å². The molecule has 0 radical (unpaired) electrons. The Morgan fingerprint density at radius 2 is 1.82 bits per heavy atom. The Morgan fingerprint density at radius 3 is 2.48 bits per heavy atom. The Morgan fingerprint density at radius 1 is 1.09 bits per heavy atom. The van der Waals surface area contributed by atoms with Crippen molar-refractivity contribution in [2.24, 2.45) is 0 Å². The molecule has 3 aromatic rings. The standard InChI is InChI=1S/C23H18F3N5OS/c24-23(25,26)33-19-5-3-18(4-6-19)30-22(32)17-10-20(16-9-15(11-27)12-28-13-16)21(29-14-17)31-7-1-2-8-31/h3-6,9-10,12-14H,1-2,7-8H2,(H,30,32). The first kappa shape index (κ1) is 22.6. The van der Waals surface area contributed by atoms with Gasteiger partial charge in [0.2, 0.25) is 0 Å². The molecule has 1 saturated heterocycles. The molecule has 0 spiro atoms. The molecule has 168 valence electrons. The van der Waals surface area contributed by atoms with Gasteiger partial charge in [-0.05, 0) is 61.0 Å². The number of carbonyl (C=O) groups excluding carboxylic acids is 1. The summed E-state index contributed by atoms with van der Waals surface area (Å²) in [5.74, 6) is 0.270. The van der Waals surface area contributed by atoms with Crippen LogP contribution in [0.3, 0.4) is 0 Å². The molecule has 0 unspecified atom stereocenters. The maximum Gasteiger partial charge on any atom is 0.446 e. The van der Waals surface area contributed by atoms with Crippen LogP contribution in [0.4, 0.5) is 24.7 Å². The number of nitriles is 1. The number of pyridine rings is 2. The number of rotatable bonds is 5. The van der Waals surface area contributed by atoms with Crippen molar-refractivity contribution in [3.63, 3.8) is 0 Å². The number of anilines is 2. The molecule has 1 amide bonds. The van der Waals surface area contributed by atoms with Gasteiger partial charge in [-0.2, -0.15) is 18.4 Å². The second-order valence-corrected chi connectivity index (χ2v) is 8.53. The molecule has 33 heavy (non-hydrogen) atoms. The average Bonchev–Trinajstić information content (AvgIpc) is 3.34. The molecule has 2 aromatic heterocycles. The maximum atomic E-state index is 12.8. The number of benzene rings is 1. The molecule has 1 aromatic carbocycles. The first-order chi connectivity index (χ1) is 15.8. The van der Waals surface area contributed by atoms with Crippen LogP contribution in [0.2, 0.25) is 0 Å². The fourth-order valence-corrected chi connectivity index (χ4v) is 4.11. The summed E-state index contributed by atoms with van der Waals surface area (Å²) in [5, 5.41) is 11.9. The van der Waals surface area contributed by atoms with E-state index in [-0.39, 0.29) is 22.2 Å². The summed E-state index contributed by atoms with van der Waals surface area (Å²) in [5.41, 5.74) is -1.97. The van der Waals surface area contributed by atoms with E-state index >= 15 is 0 Å². The van der Waals surface area contributed by atoms with Crippen LogP contribution in [0.25, 0.3) is 11.1 Å². The van der Waals surface area contributed by atoms with Gasteiger partial charge in [0, 0.05) is 53.4 Å². The summed E-state index contributed by atoms with van der Waals surface area (Å²) in [4.78, 5) is 23.7. The number of alkyl halides is 3. The number of hydrogen-bond acceptors (Lipinski definition) is 6. The first-order valence-corrected chi connectivity index (χ1v) is 10.9. The number of aromatic nitrogens is 2. The third-order valence-electron chi connectivity index (χ3n) is 5.06. The normalized spacial score (nSPS) is 13.6. The molecule has 1 aliphatic rings. The fraction of sp³-hybridized carbons (Fsp3) is 0.217. The van der Waals surface area contributed by atoms with Gasteiger partial charge >= 0.3 is 5.51 Å². The van der Waals surface area contributed by atoms with E-state index in [9.17, 15) is 23.2 Å². The zero-order valence-electron chi connectivity index (χ0n) is 17.3. The molecule has 3 heterocycles. The lowest BCUT2D eigenvalue weighted by Crippen LogP contribution is -2.21. The van der Waals surface area contributed by atoms with E-state index in [1.54, 1.807) is 18.3 Å². The number of thioether (sulfide) groups is 1. The molecule has 1 N–H and O–H groups in total. The van der Waals surface area contributed by atoms with Gasteiger partial charge in [0.25, 0.3) is 5.91 Å². The van der Waals surface area contributed by atoms with Crippen molar-refractivity contribution in [2.75, 3.05) is 23.3 Å². The van der Waals surface area contributed by atoms with E-state index in [2.05, 4.69) is 26.3 Å². The lowest BCUT2D eigenvalue weighted by molar-refractivity contribution is -0.0328. The summed E-state index contributed by atoms with van der Waals surface area (Å²) >= 11 is -0.215. The monoisotopic (exact) mass is 469 g/mol. The smallest absolute Gasteiger partial charge is 0.356 e. The van der Waals surface area contributed by atoms with E-state index in [0.717, 1.165) is 31.7 Å². The molecular weight excluding hydrogens is 451 g/mol. The number of hydrogen-bond donors (Lipinski definition) is 1. The molecule has 0 bridgehead atoms. The predicted molar refractivity (Wildman–Crippen MR) is 120 cm³/mol. The second kappa shape index (κ2) is 9.50. The third kappa shape index (κ3) is 5.62. The van der Waals surface area contributed by atoms with Crippen molar-refractivity contribution < 1.29 is 18.0 Å². The lowest BCUT2D eigenvalue weighted by atomic mass is 10.0. The van der Waals surface area contributed by atoms with Crippen molar-refractivity contribution in [3.8, 4) is 17.2 Å². The molecule has 6 nitrogen and oxygen atoms in total. The Labute approximate surface area is 192 Å². The number of halogens is 3. The van der Waals surface area contributed by atoms with Crippen LogP contribution in [0.5, 0.6) is 0 Å². The minimum Gasteiger partial charge on any atom is -0.356 e. The zero-order chi connectivity index (χ0) is 23.4. The highest BCUT2D eigenvalue weighted by molar-refractivity contribution is 8.00. The van der Waals surface area contributed by atoms with Crippen LogP contribution in [0.15, 0.2) is 59.9 Å². The van der Waals surface area contributed by atoms with Gasteiger partial charge in [-0.3, -0.25) is 9.78 Å². The van der Waals surface area contributed by atoms with Gasteiger partial charge in [0.05, 0.1) is 11.1 Å². The Kier molecular flexibility index (Phi) is 6.51. The number of nitrogens with one attached hydrogen (secondary N) is 1. The largest absolute Gasteiger partial charge is 0.446 e. The maximum absolute atomic E-state index is 12.8. The van der Waals surface area contributed by atoms with Crippen molar-refractivity contribution in [2.45, 2.75) is 23.2 Å². The molecule has 0 atom stereocenters. The van der Waals surface area contributed by atoms with E-state index < -0.39 is 11.4 Å². The van der Waals surface area contributed by atoms with E-state index in [0.29, 0.717) is 22.4 Å². The number of nitrogens with zero attached hydrogens (tertiary/aromatic N) is 4. The Hall–Kier alpha value is -3.58. The van der Waals surface area contributed by atoms with Gasteiger partial charge < -0.3 is 10.2 Å². The summed E-state index contributed by atoms with van der Waals surface area (Å²) in [6.45, 7) is 1.69. The van der Waals surface area contributed by atoms with E-state index in [4.69, 9.17) is 0 Å². The Balaban J connectivity index is 1.61. The Bertz CT molecular complexity index is 1200. The van der Waals surface area contributed by atoms with Crippen molar-refractivity contribution in [1.82, 2.24) is 9.97 Å². The predicted octanol–water partition coefficient (Wildman–Crippen LogP) is 5.48.